The first-order chi connectivity index (χ1) is 15.5. The van der Waals surface area contributed by atoms with Crippen LogP contribution < -0.4 is 16.1 Å². The Morgan fingerprint density at radius 1 is 0.969 bits per heavy atom. The van der Waals surface area contributed by atoms with Gasteiger partial charge in [0, 0.05) is 46.7 Å². The maximum atomic E-state index is 12.6. The number of rotatable bonds is 6. The summed E-state index contributed by atoms with van der Waals surface area (Å²) in [5, 5.41) is 15.6. The van der Waals surface area contributed by atoms with Gasteiger partial charge in [-0.3, -0.25) is 19.8 Å². The molecule has 8 nitrogen and oxygen atoms in total. The molecule has 0 bridgehead atoms. The van der Waals surface area contributed by atoms with Crippen molar-refractivity contribution in [2.24, 2.45) is 0 Å². The Kier molecular flexibility index (Phi) is 6.20. The highest BCUT2D eigenvalue weighted by Crippen LogP contribution is 2.31. The van der Waals surface area contributed by atoms with Crippen LogP contribution >= 0.6 is 11.3 Å². The van der Waals surface area contributed by atoms with Gasteiger partial charge in [0.2, 0.25) is 0 Å². The Bertz CT molecular complexity index is 1260. The van der Waals surface area contributed by atoms with Crippen molar-refractivity contribution in [2.75, 3.05) is 10.6 Å². The number of amides is 2. The van der Waals surface area contributed by atoms with E-state index in [0.29, 0.717) is 11.3 Å². The van der Waals surface area contributed by atoms with Gasteiger partial charge in [0.05, 0.1) is 4.88 Å². The van der Waals surface area contributed by atoms with Crippen molar-refractivity contribution in [1.29, 1.82) is 0 Å². The molecular formula is C23H19N5O3S. The van der Waals surface area contributed by atoms with Crippen molar-refractivity contribution in [3.05, 3.63) is 89.9 Å². The summed E-state index contributed by atoms with van der Waals surface area (Å²) in [6.45, 7) is 1.97. The number of pyridine rings is 1. The Hall–Kier alpha value is -4.08. The lowest BCUT2D eigenvalue weighted by atomic mass is 10.1. The number of thiazole rings is 1. The van der Waals surface area contributed by atoms with Crippen molar-refractivity contribution in [3.63, 3.8) is 0 Å². The smallest absolute Gasteiger partial charge is 0.274 e. The fraction of sp³-hybridized carbons (Fsp3) is 0.0435. The lowest BCUT2D eigenvalue weighted by Gasteiger charge is -2.11. The number of hydroxylamine groups is 1. The third kappa shape index (κ3) is 4.80. The molecule has 0 saturated heterocycles. The van der Waals surface area contributed by atoms with Crippen LogP contribution in [0.25, 0.3) is 10.4 Å². The zero-order chi connectivity index (χ0) is 22.5. The monoisotopic (exact) mass is 445 g/mol. The number of benzene rings is 2. The molecule has 0 unspecified atom stereocenters. The standard InChI is InChI=1S/C23H19N5O3S/c1-14-4-9-18(26-21(29)15-5-7-16(8-6-15)22(30)28-31)11-19(14)27-23-25-13-20(32-23)17-3-2-10-24-12-17/h2-13,31H,1H3,(H,25,27)(H,26,29)(H,28,30). The molecule has 4 rings (SSSR count). The molecule has 0 aliphatic heterocycles. The van der Waals surface area contributed by atoms with Crippen LogP contribution in [-0.4, -0.2) is 27.0 Å². The molecular weight excluding hydrogens is 426 g/mol. The van der Waals surface area contributed by atoms with Gasteiger partial charge in [-0.05, 0) is 55.0 Å². The highest BCUT2D eigenvalue weighted by atomic mass is 32.1. The molecule has 32 heavy (non-hydrogen) atoms. The molecule has 0 saturated carbocycles. The summed E-state index contributed by atoms with van der Waals surface area (Å²) in [6.07, 6.45) is 5.32. The second kappa shape index (κ2) is 9.38. The van der Waals surface area contributed by atoms with E-state index in [-0.39, 0.29) is 11.5 Å². The van der Waals surface area contributed by atoms with Gasteiger partial charge in [-0.2, -0.15) is 0 Å². The van der Waals surface area contributed by atoms with Gasteiger partial charge in [-0.1, -0.05) is 23.5 Å². The minimum absolute atomic E-state index is 0.250. The number of hydrogen-bond acceptors (Lipinski definition) is 7. The number of aromatic nitrogens is 2. The van der Waals surface area contributed by atoms with Gasteiger partial charge in [-0.15, -0.1) is 0 Å². The minimum Gasteiger partial charge on any atom is -0.331 e. The summed E-state index contributed by atoms with van der Waals surface area (Å²) < 4.78 is 0. The number of nitrogens with zero attached hydrogens (tertiary/aromatic N) is 2. The van der Waals surface area contributed by atoms with Gasteiger partial charge in [0.25, 0.3) is 11.8 Å². The highest BCUT2D eigenvalue weighted by Gasteiger charge is 2.11. The molecule has 0 atom stereocenters. The second-order valence-electron chi connectivity index (χ2n) is 6.90. The number of carbonyl (C=O) groups excluding carboxylic acids is 2. The lowest BCUT2D eigenvalue weighted by Crippen LogP contribution is -2.19. The van der Waals surface area contributed by atoms with Gasteiger partial charge in [-0.25, -0.2) is 10.5 Å². The van der Waals surface area contributed by atoms with Crippen LogP contribution in [0.2, 0.25) is 0 Å². The Labute approximate surface area is 187 Å². The van der Waals surface area contributed by atoms with Crippen LogP contribution in [0.5, 0.6) is 0 Å². The van der Waals surface area contributed by atoms with E-state index < -0.39 is 5.91 Å². The normalized spacial score (nSPS) is 10.4. The fourth-order valence-corrected chi connectivity index (χ4v) is 3.78. The number of aryl methyl sites for hydroxylation is 1. The maximum Gasteiger partial charge on any atom is 0.274 e. The Balaban J connectivity index is 1.47. The summed E-state index contributed by atoms with van der Waals surface area (Å²) in [5.74, 6) is -0.955. The van der Waals surface area contributed by atoms with Gasteiger partial charge in [0.1, 0.15) is 0 Å². The molecule has 160 valence electrons. The number of hydrogen-bond donors (Lipinski definition) is 4. The largest absolute Gasteiger partial charge is 0.331 e. The van der Waals surface area contributed by atoms with Crippen LogP contribution in [-0.2, 0) is 0 Å². The van der Waals surface area contributed by atoms with Crippen LogP contribution in [0.15, 0.2) is 73.2 Å². The molecule has 9 heteroatoms. The average molecular weight is 446 g/mol. The molecule has 2 aromatic carbocycles. The highest BCUT2D eigenvalue weighted by molar-refractivity contribution is 7.18. The first-order valence-corrected chi connectivity index (χ1v) is 10.4. The molecule has 0 radical (unpaired) electrons. The molecule has 0 aliphatic rings. The van der Waals surface area contributed by atoms with Gasteiger partial charge < -0.3 is 10.6 Å². The molecule has 2 amide bonds. The van der Waals surface area contributed by atoms with E-state index in [1.54, 1.807) is 24.1 Å². The fourth-order valence-electron chi connectivity index (χ4n) is 2.96. The zero-order valence-corrected chi connectivity index (χ0v) is 17.8. The maximum absolute atomic E-state index is 12.6. The quantitative estimate of drug-likeness (QED) is 0.254. The zero-order valence-electron chi connectivity index (χ0n) is 17.0. The predicted molar refractivity (Wildman–Crippen MR) is 123 cm³/mol. The molecule has 4 aromatic rings. The van der Waals surface area contributed by atoms with Crippen molar-refractivity contribution in [1.82, 2.24) is 15.4 Å². The average Bonchev–Trinajstić information content (AvgIpc) is 3.30. The summed E-state index contributed by atoms with van der Waals surface area (Å²) in [6, 6.07) is 15.4. The van der Waals surface area contributed by atoms with E-state index >= 15 is 0 Å². The number of carbonyl (C=O) groups is 2. The van der Waals surface area contributed by atoms with Crippen molar-refractivity contribution in [2.45, 2.75) is 6.92 Å². The van der Waals surface area contributed by atoms with E-state index in [2.05, 4.69) is 20.6 Å². The van der Waals surface area contributed by atoms with E-state index in [4.69, 9.17) is 5.21 Å². The van der Waals surface area contributed by atoms with Gasteiger partial charge >= 0.3 is 0 Å². The molecule has 2 heterocycles. The van der Waals surface area contributed by atoms with Crippen molar-refractivity contribution < 1.29 is 14.8 Å². The predicted octanol–water partition coefficient (Wildman–Crippen LogP) is 4.63. The van der Waals surface area contributed by atoms with Crippen LogP contribution in [0.1, 0.15) is 26.3 Å². The summed E-state index contributed by atoms with van der Waals surface area (Å²) >= 11 is 1.51. The molecule has 0 spiro atoms. The van der Waals surface area contributed by atoms with E-state index in [1.807, 2.05) is 37.3 Å². The van der Waals surface area contributed by atoms with Crippen LogP contribution in [0.4, 0.5) is 16.5 Å². The lowest BCUT2D eigenvalue weighted by molar-refractivity contribution is 0.0706. The summed E-state index contributed by atoms with van der Waals surface area (Å²) in [7, 11) is 0. The van der Waals surface area contributed by atoms with Crippen molar-refractivity contribution in [3.8, 4) is 10.4 Å². The Morgan fingerprint density at radius 3 is 2.41 bits per heavy atom. The molecule has 0 fully saturated rings. The first kappa shape index (κ1) is 21.2. The number of anilines is 3. The SMILES string of the molecule is Cc1ccc(NC(=O)c2ccc(C(=O)NO)cc2)cc1Nc1ncc(-c2cccnc2)s1. The topological polar surface area (TPSA) is 116 Å². The van der Waals surface area contributed by atoms with Crippen LogP contribution in [0.3, 0.4) is 0 Å². The van der Waals surface area contributed by atoms with E-state index in [0.717, 1.165) is 26.8 Å². The minimum atomic E-state index is -0.639. The third-order valence-electron chi connectivity index (χ3n) is 4.70. The number of nitrogens with one attached hydrogen (secondary N) is 3. The third-order valence-corrected chi connectivity index (χ3v) is 5.66. The van der Waals surface area contributed by atoms with Crippen LogP contribution in [0, 0.1) is 6.92 Å². The van der Waals surface area contributed by atoms with E-state index in [1.165, 1.54) is 35.6 Å². The summed E-state index contributed by atoms with van der Waals surface area (Å²) in [4.78, 5) is 33.6. The Morgan fingerprint density at radius 2 is 1.72 bits per heavy atom. The van der Waals surface area contributed by atoms with Gasteiger partial charge in [0.15, 0.2) is 5.13 Å². The second-order valence-corrected chi connectivity index (χ2v) is 7.93. The molecule has 2 aromatic heterocycles. The molecule has 0 aliphatic carbocycles. The van der Waals surface area contributed by atoms with Crippen molar-refractivity contribution >= 4 is 39.7 Å². The summed E-state index contributed by atoms with van der Waals surface area (Å²) in [5.41, 5.74) is 5.63. The van der Waals surface area contributed by atoms with E-state index in [9.17, 15) is 9.59 Å². The first-order valence-electron chi connectivity index (χ1n) is 9.63. The molecule has 4 N–H and O–H groups in total.